The van der Waals surface area contributed by atoms with Gasteiger partial charge in [-0.25, -0.2) is 4.83 Å². The van der Waals surface area contributed by atoms with Crippen LogP contribution in [0.25, 0.3) is 0 Å². The third-order valence-electron chi connectivity index (χ3n) is 3.88. The molecular formula is C21H20N2O4S. The van der Waals surface area contributed by atoms with E-state index in [0.717, 1.165) is 11.3 Å². The smallest absolute Gasteiger partial charge is 0.276 e. The topological polar surface area (TPSA) is 77.0 Å². The van der Waals surface area contributed by atoms with E-state index in [1.807, 2.05) is 36.4 Å². The van der Waals surface area contributed by atoms with Crippen molar-refractivity contribution in [2.24, 2.45) is 5.10 Å². The summed E-state index contributed by atoms with van der Waals surface area (Å²) >= 11 is 0. The number of nitrogens with zero attached hydrogens (tertiary/aromatic N) is 1. The van der Waals surface area contributed by atoms with Crippen LogP contribution in [-0.4, -0.2) is 21.7 Å². The number of hydrogen-bond acceptors (Lipinski definition) is 5. The van der Waals surface area contributed by atoms with Crippen LogP contribution in [0.2, 0.25) is 0 Å². The van der Waals surface area contributed by atoms with Gasteiger partial charge in [-0.05, 0) is 42.0 Å². The highest BCUT2D eigenvalue weighted by Crippen LogP contribution is 2.19. The summed E-state index contributed by atoms with van der Waals surface area (Å²) in [5.74, 6) is 1.35. The summed E-state index contributed by atoms with van der Waals surface area (Å²) in [5, 5.41) is 3.87. The van der Waals surface area contributed by atoms with Gasteiger partial charge >= 0.3 is 0 Å². The maximum absolute atomic E-state index is 12.2. The van der Waals surface area contributed by atoms with Crippen LogP contribution in [0, 0.1) is 0 Å². The second-order valence-corrected chi connectivity index (χ2v) is 7.50. The van der Waals surface area contributed by atoms with Crippen molar-refractivity contribution in [3.05, 3.63) is 90.0 Å². The van der Waals surface area contributed by atoms with Crippen LogP contribution in [0.1, 0.15) is 11.1 Å². The number of ether oxygens (including phenoxy) is 2. The van der Waals surface area contributed by atoms with Crippen LogP contribution in [0.5, 0.6) is 11.5 Å². The van der Waals surface area contributed by atoms with Gasteiger partial charge in [-0.2, -0.15) is 13.5 Å². The average molecular weight is 396 g/mol. The zero-order valence-electron chi connectivity index (χ0n) is 15.3. The normalized spacial score (nSPS) is 11.3. The third-order valence-corrected chi connectivity index (χ3v) is 5.12. The molecule has 28 heavy (non-hydrogen) atoms. The van der Waals surface area contributed by atoms with E-state index in [9.17, 15) is 8.42 Å². The number of sulfonamides is 1. The van der Waals surface area contributed by atoms with E-state index in [0.29, 0.717) is 17.9 Å². The van der Waals surface area contributed by atoms with Gasteiger partial charge in [-0.15, -0.1) is 0 Å². The number of hydrazone groups is 1. The molecule has 1 N–H and O–H groups in total. The minimum Gasteiger partial charge on any atom is -0.497 e. The van der Waals surface area contributed by atoms with Crippen molar-refractivity contribution < 1.29 is 17.9 Å². The summed E-state index contributed by atoms with van der Waals surface area (Å²) < 4.78 is 35.5. The fraction of sp³-hybridized carbons (Fsp3) is 0.0952. The number of rotatable bonds is 8. The molecule has 3 rings (SSSR count). The lowest BCUT2D eigenvalue weighted by Crippen LogP contribution is -2.18. The van der Waals surface area contributed by atoms with Crippen LogP contribution < -0.4 is 14.3 Å². The molecule has 0 saturated carbocycles. The number of methoxy groups -OCH3 is 1. The summed E-state index contributed by atoms with van der Waals surface area (Å²) in [7, 11) is -2.10. The van der Waals surface area contributed by atoms with E-state index in [4.69, 9.17) is 9.47 Å². The van der Waals surface area contributed by atoms with E-state index in [1.54, 1.807) is 37.4 Å². The summed E-state index contributed by atoms with van der Waals surface area (Å²) in [5.41, 5.74) is 1.61. The molecule has 0 fully saturated rings. The standard InChI is InChI=1S/C21H20N2O4S/c1-26-19-10-7-8-17(14-19)16-27-21-13-6-5-9-18(21)15-22-23-28(24,25)20-11-3-2-4-12-20/h2-15,23H,16H2,1H3/b22-15+. The highest BCUT2D eigenvalue weighted by molar-refractivity contribution is 7.89. The first kappa shape index (κ1) is 19.4. The van der Waals surface area contributed by atoms with E-state index >= 15 is 0 Å². The van der Waals surface area contributed by atoms with Crippen LogP contribution >= 0.6 is 0 Å². The minimum atomic E-state index is -3.71. The first-order valence-electron chi connectivity index (χ1n) is 8.53. The molecule has 0 aromatic heterocycles. The molecule has 0 saturated heterocycles. The molecule has 144 valence electrons. The fourth-order valence-corrected chi connectivity index (χ4v) is 3.27. The van der Waals surface area contributed by atoms with Crippen molar-refractivity contribution in [3.63, 3.8) is 0 Å². The molecule has 0 heterocycles. The van der Waals surface area contributed by atoms with Crippen molar-refractivity contribution in [3.8, 4) is 11.5 Å². The van der Waals surface area contributed by atoms with E-state index in [2.05, 4.69) is 9.93 Å². The van der Waals surface area contributed by atoms with Gasteiger partial charge in [0.15, 0.2) is 0 Å². The maximum Gasteiger partial charge on any atom is 0.276 e. The van der Waals surface area contributed by atoms with Crippen LogP contribution in [0.3, 0.4) is 0 Å². The van der Waals surface area contributed by atoms with Gasteiger partial charge in [-0.1, -0.05) is 42.5 Å². The van der Waals surface area contributed by atoms with Crippen LogP contribution in [0.15, 0.2) is 88.9 Å². The molecule has 0 bridgehead atoms. The Kier molecular flexibility index (Phi) is 6.29. The highest BCUT2D eigenvalue weighted by atomic mass is 32.2. The molecule has 6 nitrogen and oxygen atoms in total. The quantitative estimate of drug-likeness (QED) is 0.466. The molecule has 0 atom stereocenters. The van der Waals surface area contributed by atoms with Gasteiger partial charge < -0.3 is 9.47 Å². The second-order valence-electron chi connectivity index (χ2n) is 5.84. The Labute approximate surface area is 164 Å². The predicted octanol–water partition coefficient (Wildman–Crippen LogP) is 3.59. The van der Waals surface area contributed by atoms with Crippen molar-refractivity contribution in [2.75, 3.05) is 7.11 Å². The SMILES string of the molecule is COc1cccc(COc2ccccc2/C=N/NS(=O)(=O)c2ccccc2)c1. The molecule has 0 aliphatic rings. The lowest BCUT2D eigenvalue weighted by Gasteiger charge is -2.10. The number of benzene rings is 3. The predicted molar refractivity (Wildman–Crippen MR) is 108 cm³/mol. The fourth-order valence-electron chi connectivity index (χ4n) is 2.46. The average Bonchev–Trinajstić information content (AvgIpc) is 2.74. The molecule has 0 spiro atoms. The molecule has 0 amide bonds. The van der Waals surface area contributed by atoms with Gasteiger partial charge in [0.25, 0.3) is 10.0 Å². The zero-order valence-corrected chi connectivity index (χ0v) is 16.1. The summed E-state index contributed by atoms with van der Waals surface area (Å²) in [6.45, 7) is 0.345. The molecule has 0 aliphatic heterocycles. The van der Waals surface area contributed by atoms with Crippen molar-refractivity contribution in [2.45, 2.75) is 11.5 Å². The van der Waals surface area contributed by atoms with Gasteiger partial charge in [0.2, 0.25) is 0 Å². The first-order chi connectivity index (χ1) is 13.6. The second kappa shape index (κ2) is 9.05. The lowest BCUT2D eigenvalue weighted by molar-refractivity contribution is 0.305. The summed E-state index contributed by atoms with van der Waals surface area (Å²) in [6, 6.07) is 22.9. The molecular weight excluding hydrogens is 376 g/mol. The van der Waals surface area contributed by atoms with Crippen molar-refractivity contribution >= 4 is 16.2 Å². The van der Waals surface area contributed by atoms with E-state index in [-0.39, 0.29) is 4.90 Å². The molecule has 7 heteroatoms. The molecule has 0 unspecified atom stereocenters. The monoisotopic (exact) mass is 396 g/mol. The Bertz CT molecular complexity index is 1050. The van der Waals surface area contributed by atoms with E-state index < -0.39 is 10.0 Å². The minimum absolute atomic E-state index is 0.148. The van der Waals surface area contributed by atoms with Crippen molar-refractivity contribution in [1.82, 2.24) is 4.83 Å². The highest BCUT2D eigenvalue weighted by Gasteiger charge is 2.11. The number of para-hydroxylation sites is 1. The Morgan fingerprint density at radius 1 is 0.964 bits per heavy atom. The maximum atomic E-state index is 12.2. The summed E-state index contributed by atoms with van der Waals surface area (Å²) in [6.07, 6.45) is 1.42. The van der Waals surface area contributed by atoms with Crippen LogP contribution in [0.4, 0.5) is 0 Å². The summed E-state index contributed by atoms with van der Waals surface area (Å²) in [4.78, 5) is 2.36. The Morgan fingerprint density at radius 2 is 1.71 bits per heavy atom. The largest absolute Gasteiger partial charge is 0.497 e. The van der Waals surface area contributed by atoms with Gasteiger partial charge in [-0.3, -0.25) is 0 Å². The van der Waals surface area contributed by atoms with Crippen LogP contribution in [-0.2, 0) is 16.6 Å². The Hall–Kier alpha value is -3.32. The number of hydrogen-bond donors (Lipinski definition) is 1. The van der Waals surface area contributed by atoms with Gasteiger partial charge in [0, 0.05) is 5.56 Å². The first-order valence-corrected chi connectivity index (χ1v) is 10.0. The Balaban J connectivity index is 1.69. The van der Waals surface area contributed by atoms with Gasteiger partial charge in [0.05, 0.1) is 18.2 Å². The van der Waals surface area contributed by atoms with Crippen molar-refractivity contribution in [1.29, 1.82) is 0 Å². The molecule has 3 aromatic rings. The zero-order chi connectivity index (χ0) is 19.8. The lowest BCUT2D eigenvalue weighted by atomic mass is 10.2. The number of nitrogens with one attached hydrogen (secondary N) is 1. The Morgan fingerprint density at radius 3 is 2.50 bits per heavy atom. The molecule has 0 aliphatic carbocycles. The third kappa shape index (κ3) is 5.11. The van der Waals surface area contributed by atoms with E-state index in [1.165, 1.54) is 18.3 Å². The van der Waals surface area contributed by atoms with Gasteiger partial charge in [0.1, 0.15) is 18.1 Å². The molecule has 3 aromatic carbocycles. The molecule has 0 radical (unpaired) electrons.